The molecule has 0 aliphatic carbocycles. The number of fused-ring (bicyclic) bond motifs is 1. The van der Waals surface area contributed by atoms with E-state index < -0.39 is 11.6 Å². The van der Waals surface area contributed by atoms with Crippen LogP contribution in [0.5, 0.6) is 5.75 Å². The number of halogens is 2. The number of nitrogens with zero attached hydrogens (tertiary/aromatic N) is 4. The molecule has 0 atom stereocenters. The lowest BCUT2D eigenvalue weighted by Crippen LogP contribution is -2.45. The van der Waals surface area contributed by atoms with Crippen LogP contribution >= 0.6 is 11.8 Å². The standard InChI is InChI=1S/C18H14F2N4O2S/c19-14-7-6-12(8-15(14)20)9-23-17(25)11-27-18-22-21-16(24(18)23)10-26-13-4-2-1-3-5-13/h1-8H,9-11H2. The molecule has 0 spiro atoms. The van der Waals surface area contributed by atoms with E-state index in [1.807, 2.05) is 30.3 Å². The number of benzene rings is 2. The van der Waals surface area contributed by atoms with Crippen molar-refractivity contribution in [3.63, 3.8) is 0 Å². The van der Waals surface area contributed by atoms with E-state index in [2.05, 4.69) is 10.2 Å². The average molecular weight is 388 g/mol. The fraction of sp³-hybridized carbons (Fsp3) is 0.167. The van der Waals surface area contributed by atoms with Crippen molar-refractivity contribution in [1.29, 1.82) is 0 Å². The Morgan fingerprint density at radius 1 is 1.07 bits per heavy atom. The van der Waals surface area contributed by atoms with Gasteiger partial charge >= 0.3 is 0 Å². The smallest absolute Gasteiger partial charge is 0.252 e. The zero-order valence-corrected chi connectivity index (χ0v) is 14.8. The summed E-state index contributed by atoms with van der Waals surface area (Å²) in [6, 6.07) is 12.8. The van der Waals surface area contributed by atoms with Crippen molar-refractivity contribution in [3.05, 3.63) is 71.6 Å². The topological polar surface area (TPSA) is 60.2 Å². The largest absolute Gasteiger partial charge is 0.486 e. The van der Waals surface area contributed by atoms with Crippen molar-refractivity contribution in [1.82, 2.24) is 14.9 Å². The Hall–Kier alpha value is -2.94. The maximum atomic E-state index is 13.5. The van der Waals surface area contributed by atoms with Gasteiger partial charge in [0.2, 0.25) is 5.16 Å². The Bertz CT molecular complexity index is 981. The summed E-state index contributed by atoms with van der Waals surface area (Å²) in [6.45, 7) is 0.180. The number of para-hydroxylation sites is 1. The lowest BCUT2D eigenvalue weighted by atomic mass is 10.2. The minimum Gasteiger partial charge on any atom is -0.486 e. The number of carbonyl (C=O) groups excluding carboxylic acids is 1. The van der Waals surface area contributed by atoms with Crippen LogP contribution in [0.2, 0.25) is 0 Å². The molecule has 0 bridgehead atoms. The predicted octanol–water partition coefficient (Wildman–Crippen LogP) is 2.91. The molecule has 0 unspecified atom stereocenters. The summed E-state index contributed by atoms with van der Waals surface area (Å²) in [4.78, 5) is 12.5. The molecule has 0 N–H and O–H groups in total. The van der Waals surface area contributed by atoms with Crippen molar-refractivity contribution in [2.75, 3.05) is 10.8 Å². The lowest BCUT2D eigenvalue weighted by Gasteiger charge is -2.29. The number of rotatable bonds is 5. The first-order valence-corrected chi connectivity index (χ1v) is 9.10. The number of amides is 1. The second-order valence-electron chi connectivity index (χ2n) is 5.80. The Balaban J connectivity index is 1.60. The maximum Gasteiger partial charge on any atom is 0.252 e. The molecule has 6 nitrogen and oxygen atoms in total. The minimum absolute atomic E-state index is 0.0694. The van der Waals surface area contributed by atoms with Gasteiger partial charge in [0.15, 0.2) is 17.5 Å². The van der Waals surface area contributed by atoms with Crippen molar-refractivity contribution in [3.8, 4) is 5.75 Å². The fourth-order valence-corrected chi connectivity index (χ4v) is 3.49. The maximum absolute atomic E-state index is 13.5. The van der Waals surface area contributed by atoms with Crippen molar-refractivity contribution < 1.29 is 18.3 Å². The quantitative estimate of drug-likeness (QED) is 0.673. The molecule has 0 radical (unpaired) electrons. The highest BCUT2D eigenvalue weighted by atomic mass is 32.2. The van der Waals surface area contributed by atoms with Crippen LogP contribution in [0.15, 0.2) is 53.7 Å². The number of thioether (sulfide) groups is 1. The Morgan fingerprint density at radius 2 is 1.89 bits per heavy atom. The van der Waals surface area contributed by atoms with Gasteiger partial charge in [-0.3, -0.25) is 4.79 Å². The SMILES string of the molecule is O=C1CSc2nnc(COc3ccccc3)n2N1Cc1ccc(F)c(F)c1. The number of carbonyl (C=O) groups is 1. The van der Waals surface area contributed by atoms with Crippen molar-refractivity contribution >= 4 is 17.7 Å². The molecule has 9 heteroatoms. The average Bonchev–Trinajstić information content (AvgIpc) is 3.09. The number of ether oxygens (including phenoxy) is 1. The van der Waals surface area contributed by atoms with Gasteiger partial charge in [-0.2, -0.15) is 0 Å². The molecule has 2 aromatic carbocycles. The molecule has 1 aliphatic heterocycles. The predicted molar refractivity (Wildman–Crippen MR) is 94.8 cm³/mol. The molecule has 138 valence electrons. The van der Waals surface area contributed by atoms with Gasteiger partial charge in [0.1, 0.15) is 12.4 Å². The van der Waals surface area contributed by atoms with Gasteiger partial charge in [0.05, 0.1) is 12.3 Å². The van der Waals surface area contributed by atoms with Gasteiger partial charge in [-0.15, -0.1) is 10.2 Å². The first-order chi connectivity index (χ1) is 13.1. The van der Waals surface area contributed by atoms with Crippen LogP contribution in [-0.2, 0) is 17.9 Å². The van der Waals surface area contributed by atoms with E-state index in [0.717, 1.165) is 12.1 Å². The monoisotopic (exact) mass is 388 g/mol. The summed E-state index contributed by atoms with van der Waals surface area (Å²) in [5.74, 6) is -0.766. The van der Waals surface area contributed by atoms with E-state index in [1.54, 1.807) is 4.68 Å². The number of hydrogen-bond acceptors (Lipinski definition) is 5. The summed E-state index contributed by atoms with van der Waals surface area (Å²) < 4.78 is 34.0. The lowest BCUT2D eigenvalue weighted by molar-refractivity contribution is -0.118. The second kappa shape index (κ2) is 7.36. The molecule has 1 aromatic heterocycles. The minimum atomic E-state index is -0.956. The van der Waals surface area contributed by atoms with Gasteiger partial charge in [0.25, 0.3) is 5.91 Å². The van der Waals surface area contributed by atoms with Gasteiger partial charge in [-0.25, -0.2) is 18.5 Å². The molecular formula is C18H14F2N4O2S. The molecule has 1 aliphatic rings. The second-order valence-corrected chi connectivity index (χ2v) is 6.74. The van der Waals surface area contributed by atoms with Crippen LogP contribution in [-0.4, -0.2) is 26.5 Å². The van der Waals surface area contributed by atoms with Crippen LogP contribution < -0.4 is 9.75 Å². The van der Waals surface area contributed by atoms with Crippen molar-refractivity contribution in [2.24, 2.45) is 0 Å². The molecule has 4 rings (SSSR count). The normalized spacial score (nSPS) is 13.6. The highest BCUT2D eigenvalue weighted by Crippen LogP contribution is 2.25. The number of aromatic nitrogens is 3. The molecule has 0 saturated carbocycles. The first kappa shape index (κ1) is 17.5. The third-order valence-electron chi connectivity index (χ3n) is 3.96. The molecule has 0 saturated heterocycles. The summed E-state index contributed by atoms with van der Waals surface area (Å²) in [7, 11) is 0. The van der Waals surface area contributed by atoms with Gasteiger partial charge in [-0.1, -0.05) is 36.0 Å². The molecule has 2 heterocycles. The highest BCUT2D eigenvalue weighted by molar-refractivity contribution is 7.99. The van der Waals surface area contributed by atoms with Gasteiger partial charge in [-0.05, 0) is 29.8 Å². The Morgan fingerprint density at radius 3 is 2.67 bits per heavy atom. The summed E-state index contributed by atoms with van der Waals surface area (Å²) in [6.07, 6.45) is 0. The highest BCUT2D eigenvalue weighted by Gasteiger charge is 2.29. The first-order valence-electron chi connectivity index (χ1n) is 8.11. The van der Waals surface area contributed by atoms with Crippen LogP contribution in [0.1, 0.15) is 11.4 Å². The van der Waals surface area contributed by atoms with E-state index in [4.69, 9.17) is 4.74 Å². The zero-order valence-electron chi connectivity index (χ0n) is 14.0. The van der Waals surface area contributed by atoms with Gasteiger partial charge in [0, 0.05) is 0 Å². The number of hydrogen-bond donors (Lipinski definition) is 0. The van der Waals surface area contributed by atoms with Crippen LogP contribution in [0, 0.1) is 11.6 Å². The summed E-state index contributed by atoms with van der Waals surface area (Å²) in [5, 5.41) is 10.2. The fourth-order valence-electron chi connectivity index (χ4n) is 2.66. The zero-order chi connectivity index (χ0) is 18.8. The Labute approximate surface area is 157 Å². The van der Waals surface area contributed by atoms with E-state index >= 15 is 0 Å². The molecule has 1 amide bonds. The third-order valence-corrected chi connectivity index (χ3v) is 4.86. The van der Waals surface area contributed by atoms with E-state index in [9.17, 15) is 13.6 Å². The van der Waals surface area contributed by atoms with Crippen LogP contribution in [0.4, 0.5) is 8.78 Å². The van der Waals surface area contributed by atoms with Gasteiger partial charge < -0.3 is 4.74 Å². The van der Waals surface area contributed by atoms with E-state index in [0.29, 0.717) is 22.3 Å². The molecule has 27 heavy (non-hydrogen) atoms. The molecule has 0 fully saturated rings. The molecular weight excluding hydrogens is 374 g/mol. The summed E-state index contributed by atoms with van der Waals surface area (Å²) in [5.41, 5.74) is 0.462. The van der Waals surface area contributed by atoms with Crippen LogP contribution in [0.3, 0.4) is 0 Å². The Kier molecular flexibility index (Phi) is 4.76. The molecule has 3 aromatic rings. The van der Waals surface area contributed by atoms with Crippen molar-refractivity contribution in [2.45, 2.75) is 18.3 Å². The van der Waals surface area contributed by atoms with E-state index in [-0.39, 0.29) is 24.8 Å². The summed E-state index contributed by atoms with van der Waals surface area (Å²) >= 11 is 1.27. The third kappa shape index (κ3) is 3.63. The van der Waals surface area contributed by atoms with E-state index in [1.165, 1.54) is 22.8 Å². The van der Waals surface area contributed by atoms with Crippen LogP contribution in [0.25, 0.3) is 0 Å².